The molecule has 0 radical (unpaired) electrons. The van der Waals surface area contributed by atoms with E-state index in [1.807, 2.05) is 24.3 Å². The zero-order chi connectivity index (χ0) is 17.6. The minimum atomic E-state index is 0.583. The highest BCUT2D eigenvalue weighted by atomic mass is 35.5. The first-order valence-electron chi connectivity index (χ1n) is 8.77. The number of rotatable bonds is 7. The molecule has 0 amide bonds. The van der Waals surface area contributed by atoms with Crippen LogP contribution < -0.4 is 0 Å². The van der Waals surface area contributed by atoms with Crippen molar-refractivity contribution in [3.63, 3.8) is 0 Å². The lowest BCUT2D eigenvalue weighted by Crippen LogP contribution is -2.13. The van der Waals surface area contributed by atoms with Crippen molar-refractivity contribution < 1.29 is 0 Å². The number of thioether (sulfide) groups is 1. The van der Waals surface area contributed by atoms with Crippen LogP contribution in [-0.2, 0) is 18.7 Å². The molecule has 25 heavy (non-hydrogen) atoms. The van der Waals surface area contributed by atoms with E-state index in [2.05, 4.69) is 21.3 Å². The van der Waals surface area contributed by atoms with Gasteiger partial charge in [-0.25, -0.2) is 0 Å². The van der Waals surface area contributed by atoms with Gasteiger partial charge in [-0.3, -0.25) is 0 Å². The molecule has 3 rings (SSSR count). The quantitative estimate of drug-likeness (QED) is 0.413. The average Bonchev–Trinajstić information content (AvgIpc) is 2.99. The summed E-state index contributed by atoms with van der Waals surface area (Å²) in [6, 6.07) is 5.75. The zero-order valence-corrected chi connectivity index (χ0v) is 16.6. The lowest BCUT2D eigenvalue weighted by Gasteiger charge is -2.21. The van der Waals surface area contributed by atoms with Crippen molar-refractivity contribution in [2.45, 2.75) is 56.0 Å². The molecule has 1 aromatic heterocycles. The van der Waals surface area contributed by atoms with E-state index in [1.165, 1.54) is 32.1 Å². The van der Waals surface area contributed by atoms with Crippen molar-refractivity contribution in [2.24, 2.45) is 5.92 Å². The van der Waals surface area contributed by atoms with Crippen LogP contribution in [0.2, 0.25) is 10.0 Å². The highest BCUT2D eigenvalue weighted by Crippen LogP contribution is 2.30. The highest BCUT2D eigenvalue weighted by molar-refractivity contribution is 7.98. The van der Waals surface area contributed by atoms with Crippen LogP contribution in [0.1, 0.15) is 43.5 Å². The monoisotopic (exact) mass is 395 g/mol. The number of halogens is 2. The van der Waals surface area contributed by atoms with Gasteiger partial charge in [-0.15, -0.1) is 16.8 Å². The largest absolute Gasteiger partial charge is 0.302 e. The van der Waals surface area contributed by atoms with Gasteiger partial charge in [0.2, 0.25) is 0 Å². The van der Waals surface area contributed by atoms with Crippen LogP contribution >= 0.6 is 35.0 Å². The zero-order valence-electron chi connectivity index (χ0n) is 14.3. The van der Waals surface area contributed by atoms with E-state index in [4.69, 9.17) is 23.2 Å². The van der Waals surface area contributed by atoms with Gasteiger partial charge in [-0.05, 0) is 23.6 Å². The summed E-state index contributed by atoms with van der Waals surface area (Å²) >= 11 is 13.8. The molecule has 0 bridgehead atoms. The van der Waals surface area contributed by atoms with E-state index >= 15 is 0 Å². The van der Waals surface area contributed by atoms with Gasteiger partial charge in [-0.1, -0.05) is 79.2 Å². The molecule has 1 aromatic carbocycles. The lowest BCUT2D eigenvalue weighted by molar-refractivity contribution is 0.347. The predicted molar refractivity (Wildman–Crippen MR) is 107 cm³/mol. The Labute approximate surface area is 163 Å². The Hall–Kier alpha value is -0.970. The molecule has 0 aliphatic heterocycles. The van der Waals surface area contributed by atoms with Crippen molar-refractivity contribution in [1.29, 1.82) is 0 Å². The molecule has 0 unspecified atom stereocenters. The second-order valence-corrected chi connectivity index (χ2v) is 8.30. The van der Waals surface area contributed by atoms with Crippen LogP contribution in [0.25, 0.3) is 0 Å². The molecule has 0 saturated heterocycles. The molecule has 1 aliphatic carbocycles. The molecule has 0 spiro atoms. The topological polar surface area (TPSA) is 30.7 Å². The number of allylic oxidation sites excluding steroid dienone is 1. The first-order valence-corrected chi connectivity index (χ1v) is 10.5. The summed E-state index contributed by atoms with van der Waals surface area (Å²) < 4.78 is 2.20. The predicted octanol–water partition coefficient (Wildman–Crippen LogP) is 6.19. The number of aromatic nitrogens is 3. The number of nitrogens with zero attached hydrogens (tertiary/aromatic N) is 3. The third-order valence-electron chi connectivity index (χ3n) is 4.65. The smallest absolute Gasteiger partial charge is 0.191 e. The van der Waals surface area contributed by atoms with Gasteiger partial charge >= 0.3 is 0 Å². The van der Waals surface area contributed by atoms with Crippen LogP contribution in [0, 0.1) is 5.92 Å². The van der Waals surface area contributed by atoms with Crippen molar-refractivity contribution in [3.05, 3.63) is 52.3 Å². The summed E-state index contributed by atoms with van der Waals surface area (Å²) in [5, 5.41) is 11.0. The summed E-state index contributed by atoms with van der Waals surface area (Å²) in [6.45, 7) is 4.64. The molecule has 1 fully saturated rings. The third-order valence-corrected chi connectivity index (χ3v) is 6.43. The van der Waals surface area contributed by atoms with Gasteiger partial charge in [0.25, 0.3) is 0 Å². The van der Waals surface area contributed by atoms with Crippen LogP contribution in [0.15, 0.2) is 36.0 Å². The average molecular weight is 396 g/mol. The van der Waals surface area contributed by atoms with E-state index < -0.39 is 0 Å². The van der Waals surface area contributed by atoms with Gasteiger partial charge < -0.3 is 4.57 Å². The fourth-order valence-electron chi connectivity index (χ4n) is 3.32. The number of hydrogen-bond acceptors (Lipinski definition) is 3. The molecule has 134 valence electrons. The summed E-state index contributed by atoms with van der Waals surface area (Å²) in [5.74, 6) is 2.62. The molecule has 0 N–H and O–H groups in total. The van der Waals surface area contributed by atoms with E-state index in [0.717, 1.165) is 41.2 Å². The highest BCUT2D eigenvalue weighted by Gasteiger charge is 2.19. The first kappa shape index (κ1) is 18.8. The molecule has 0 atom stereocenters. The summed E-state index contributed by atoms with van der Waals surface area (Å²) in [5.41, 5.74) is 1.13. The van der Waals surface area contributed by atoms with Crippen LogP contribution in [0.5, 0.6) is 0 Å². The standard InChI is InChI=1S/C19H23Cl2N3S/c1-2-10-24-18(12-14-6-4-3-5-7-14)22-23-19(24)25-13-15-8-9-16(20)17(21)11-15/h2,8-9,11,14H,1,3-7,10,12-13H2. The van der Waals surface area contributed by atoms with Gasteiger partial charge in [0.1, 0.15) is 5.82 Å². The Bertz CT molecular complexity index is 723. The second kappa shape index (κ2) is 9.11. The van der Waals surface area contributed by atoms with E-state index in [9.17, 15) is 0 Å². The third kappa shape index (κ3) is 5.02. The second-order valence-electron chi connectivity index (χ2n) is 6.54. The Morgan fingerprint density at radius 3 is 2.68 bits per heavy atom. The SMILES string of the molecule is C=CCn1c(CC2CCCCC2)nnc1SCc1ccc(Cl)c(Cl)c1. The maximum absolute atomic E-state index is 6.10. The molecule has 6 heteroatoms. The maximum Gasteiger partial charge on any atom is 0.191 e. The van der Waals surface area contributed by atoms with Gasteiger partial charge in [0.05, 0.1) is 10.0 Å². The summed E-state index contributed by atoms with van der Waals surface area (Å²) in [7, 11) is 0. The van der Waals surface area contributed by atoms with Crippen molar-refractivity contribution >= 4 is 35.0 Å². The fraction of sp³-hybridized carbons (Fsp3) is 0.474. The molecule has 3 nitrogen and oxygen atoms in total. The lowest BCUT2D eigenvalue weighted by atomic mass is 9.87. The molecule has 1 saturated carbocycles. The minimum absolute atomic E-state index is 0.583. The van der Waals surface area contributed by atoms with E-state index in [0.29, 0.717) is 10.0 Å². The Kier molecular flexibility index (Phi) is 6.85. The van der Waals surface area contributed by atoms with Crippen LogP contribution in [0.4, 0.5) is 0 Å². The van der Waals surface area contributed by atoms with Crippen LogP contribution in [-0.4, -0.2) is 14.8 Å². The number of hydrogen-bond donors (Lipinski definition) is 0. The Morgan fingerprint density at radius 2 is 1.96 bits per heavy atom. The molecular formula is C19H23Cl2N3S. The molecule has 1 aliphatic rings. The van der Waals surface area contributed by atoms with Crippen molar-refractivity contribution in [1.82, 2.24) is 14.8 Å². The molecular weight excluding hydrogens is 373 g/mol. The molecule has 2 aromatic rings. The van der Waals surface area contributed by atoms with Gasteiger partial charge in [0.15, 0.2) is 5.16 Å². The normalized spacial score (nSPS) is 15.4. The molecule has 1 heterocycles. The summed E-state index contributed by atoms with van der Waals surface area (Å²) in [6.07, 6.45) is 9.63. The van der Waals surface area contributed by atoms with Crippen molar-refractivity contribution in [2.75, 3.05) is 0 Å². The number of benzene rings is 1. The van der Waals surface area contributed by atoms with E-state index in [-0.39, 0.29) is 0 Å². The fourth-order valence-corrected chi connectivity index (χ4v) is 4.55. The Balaban J connectivity index is 1.69. The van der Waals surface area contributed by atoms with Gasteiger partial charge in [-0.2, -0.15) is 0 Å². The van der Waals surface area contributed by atoms with Gasteiger partial charge in [0, 0.05) is 18.7 Å². The minimum Gasteiger partial charge on any atom is -0.302 e. The maximum atomic E-state index is 6.10. The van der Waals surface area contributed by atoms with Crippen LogP contribution in [0.3, 0.4) is 0 Å². The first-order chi connectivity index (χ1) is 12.2. The van der Waals surface area contributed by atoms with Crippen molar-refractivity contribution in [3.8, 4) is 0 Å². The van der Waals surface area contributed by atoms with E-state index in [1.54, 1.807) is 11.8 Å². The Morgan fingerprint density at radius 1 is 1.16 bits per heavy atom. The summed E-state index contributed by atoms with van der Waals surface area (Å²) in [4.78, 5) is 0.